The number of piperidine rings is 1. The Hall–Kier alpha value is -3.45. The van der Waals surface area contributed by atoms with E-state index in [2.05, 4.69) is 25.7 Å². The summed E-state index contributed by atoms with van der Waals surface area (Å²) >= 11 is 0. The lowest BCUT2D eigenvalue weighted by Crippen LogP contribution is -2.57. The molecule has 36 heavy (non-hydrogen) atoms. The summed E-state index contributed by atoms with van der Waals surface area (Å²) in [6, 6.07) is 3.62. The van der Waals surface area contributed by atoms with E-state index >= 15 is 8.78 Å². The second-order valence-electron chi connectivity index (χ2n) is 8.86. The fourth-order valence-corrected chi connectivity index (χ4v) is 4.76. The van der Waals surface area contributed by atoms with Crippen LogP contribution in [0.15, 0.2) is 24.4 Å². The average molecular weight is 504 g/mol. The molecule has 2 aliphatic rings. The highest BCUT2D eigenvalue weighted by Gasteiger charge is 2.36. The van der Waals surface area contributed by atoms with Crippen LogP contribution in [0.1, 0.15) is 7.79 Å². The lowest BCUT2D eigenvalue weighted by molar-refractivity contribution is -0.0794. The Morgan fingerprint density at radius 2 is 2.19 bits per heavy atom. The number of nitrogens with zero attached hydrogens (tertiary/aromatic N) is 7. The second-order valence-corrected chi connectivity index (χ2v) is 8.86. The largest absolute Gasteiger partial charge is 0.479 e. The smallest absolute Gasteiger partial charge is 0.244 e. The zero-order valence-electron chi connectivity index (χ0n) is 20.5. The number of ether oxygens (including phenoxy) is 2. The summed E-state index contributed by atoms with van der Waals surface area (Å²) in [5, 5.41) is 15.4. The molecule has 2 atom stereocenters. The number of hydrogen-bond acceptors (Lipinski definition) is 8. The number of rotatable bonds is 7. The number of likely N-dealkylation sites (tertiary alicyclic amines) is 1. The Labute approximate surface area is 205 Å². The van der Waals surface area contributed by atoms with Crippen LogP contribution in [-0.4, -0.2) is 92.8 Å². The molecule has 0 bridgehead atoms. The first-order valence-corrected chi connectivity index (χ1v) is 11.7. The molecule has 2 fully saturated rings. The molecule has 0 spiro atoms. The van der Waals surface area contributed by atoms with Crippen molar-refractivity contribution < 1.29 is 24.0 Å². The Kier molecular flexibility index (Phi) is 5.58. The number of halogens is 3. The normalized spacial score (nSPS) is 22.5. The molecule has 4 aromatic rings. The van der Waals surface area contributed by atoms with E-state index in [0.717, 1.165) is 0 Å². The van der Waals surface area contributed by atoms with Crippen LogP contribution in [0.3, 0.4) is 0 Å². The number of methoxy groups -OCH3 is 1. The highest BCUT2D eigenvalue weighted by Crippen LogP contribution is 2.35. The van der Waals surface area contributed by atoms with E-state index in [9.17, 15) is 4.39 Å². The summed E-state index contributed by atoms with van der Waals surface area (Å²) in [7, 11) is 1.41. The number of alkyl halides is 2. The predicted octanol–water partition coefficient (Wildman–Crippen LogP) is 2.48. The van der Waals surface area contributed by atoms with Crippen LogP contribution in [0.5, 0.6) is 5.88 Å². The highest BCUT2D eigenvalue weighted by molar-refractivity contribution is 5.89. The van der Waals surface area contributed by atoms with Gasteiger partial charge < -0.3 is 14.8 Å². The summed E-state index contributed by atoms with van der Waals surface area (Å²) in [4.78, 5) is 6.19. The van der Waals surface area contributed by atoms with Gasteiger partial charge in [-0.2, -0.15) is 4.98 Å². The molecule has 3 aromatic heterocycles. The van der Waals surface area contributed by atoms with E-state index < -0.39 is 30.7 Å². The number of fused-ring (bicyclic) bond motifs is 2. The third-order valence-corrected chi connectivity index (χ3v) is 6.69. The fraction of sp³-hybridized carbons (Fsp3) is 0.478. The van der Waals surface area contributed by atoms with Crippen LogP contribution in [0.4, 0.5) is 19.1 Å². The van der Waals surface area contributed by atoms with Crippen molar-refractivity contribution in [3.8, 4) is 17.0 Å². The van der Waals surface area contributed by atoms with Crippen LogP contribution in [0, 0.1) is 5.82 Å². The van der Waals surface area contributed by atoms with Gasteiger partial charge in [-0.1, -0.05) is 11.3 Å². The van der Waals surface area contributed by atoms with Crippen molar-refractivity contribution in [1.29, 1.82) is 0 Å². The summed E-state index contributed by atoms with van der Waals surface area (Å²) in [6.45, 7) is 0.605. The number of aromatic nitrogens is 6. The van der Waals surface area contributed by atoms with Gasteiger partial charge in [0.25, 0.3) is 0 Å². The van der Waals surface area contributed by atoms with E-state index in [0.29, 0.717) is 35.1 Å². The standard InChI is InChI=1S/C23H25F3N8O2/c1-35-22-21-20(13-2-3-18-19(8-13)33(7-5-24)31-29-18)16(26)10-34(21)30-23(28-22)27-17-4-6-32(9-15(17)25)14-11-36-12-14/h2-3,8,10,14-15,17H,4-7,9,11-12H2,1H3,(H,27,30)/t15-,17+/m0/s1/i14D. The summed E-state index contributed by atoms with van der Waals surface area (Å²) in [6.07, 6.45) is 0.391. The molecule has 0 saturated carbocycles. The van der Waals surface area contributed by atoms with E-state index in [4.69, 9.17) is 10.8 Å². The number of benzene rings is 1. The van der Waals surface area contributed by atoms with Crippen LogP contribution in [0.2, 0.25) is 0 Å². The van der Waals surface area contributed by atoms with Gasteiger partial charge >= 0.3 is 0 Å². The van der Waals surface area contributed by atoms with Gasteiger partial charge in [0, 0.05) is 13.1 Å². The molecule has 0 aliphatic carbocycles. The quantitative estimate of drug-likeness (QED) is 0.411. The van der Waals surface area contributed by atoms with Gasteiger partial charge in [-0.05, 0) is 24.1 Å². The van der Waals surface area contributed by atoms with Gasteiger partial charge in [0.2, 0.25) is 11.8 Å². The molecular weight excluding hydrogens is 477 g/mol. The van der Waals surface area contributed by atoms with Gasteiger partial charge in [0.15, 0.2) is 5.82 Å². The third kappa shape index (κ3) is 3.91. The maximum Gasteiger partial charge on any atom is 0.244 e. The fourth-order valence-electron chi connectivity index (χ4n) is 4.76. The predicted molar refractivity (Wildman–Crippen MR) is 125 cm³/mol. The molecule has 2 aliphatic heterocycles. The first kappa shape index (κ1) is 21.8. The highest BCUT2D eigenvalue weighted by atomic mass is 19.1. The molecule has 0 amide bonds. The number of anilines is 1. The third-order valence-electron chi connectivity index (χ3n) is 6.69. The molecule has 0 radical (unpaired) electrons. The van der Waals surface area contributed by atoms with Crippen molar-refractivity contribution in [2.45, 2.75) is 31.2 Å². The second kappa shape index (κ2) is 9.21. The van der Waals surface area contributed by atoms with Crippen LogP contribution >= 0.6 is 0 Å². The molecule has 1 N–H and O–H groups in total. The molecule has 5 heterocycles. The minimum absolute atomic E-state index is 0.0332. The van der Waals surface area contributed by atoms with Crippen molar-refractivity contribution >= 4 is 22.5 Å². The topological polar surface area (TPSA) is 94.6 Å². The lowest BCUT2D eigenvalue weighted by Gasteiger charge is -2.42. The maximum atomic E-state index is 15.3. The van der Waals surface area contributed by atoms with E-state index in [1.54, 1.807) is 23.1 Å². The average Bonchev–Trinajstić information content (AvgIpc) is 3.43. The van der Waals surface area contributed by atoms with Crippen molar-refractivity contribution in [2.24, 2.45) is 0 Å². The zero-order valence-corrected chi connectivity index (χ0v) is 19.5. The monoisotopic (exact) mass is 503 g/mol. The van der Waals surface area contributed by atoms with Gasteiger partial charge in [-0.25, -0.2) is 22.4 Å². The number of aryl methyl sites for hydroxylation is 1. The Bertz CT molecular complexity index is 1460. The van der Waals surface area contributed by atoms with Gasteiger partial charge in [-0.15, -0.1) is 10.2 Å². The van der Waals surface area contributed by atoms with Gasteiger partial charge in [-0.3, -0.25) is 4.90 Å². The van der Waals surface area contributed by atoms with Gasteiger partial charge in [0.05, 0.1) is 57.6 Å². The minimum Gasteiger partial charge on any atom is -0.479 e. The molecule has 6 rings (SSSR count). The van der Waals surface area contributed by atoms with Crippen LogP contribution in [-0.2, 0) is 11.3 Å². The van der Waals surface area contributed by atoms with Crippen molar-refractivity contribution in [3.05, 3.63) is 30.2 Å². The minimum atomic E-state index is -1.26. The van der Waals surface area contributed by atoms with Gasteiger partial charge in [0.1, 0.15) is 23.9 Å². The Balaban J connectivity index is 1.31. The first-order valence-electron chi connectivity index (χ1n) is 12.2. The van der Waals surface area contributed by atoms with Crippen molar-refractivity contribution in [1.82, 2.24) is 34.5 Å². The number of nitrogens with one attached hydrogen (secondary N) is 1. The molecule has 2 saturated heterocycles. The maximum absolute atomic E-state index is 15.3. The molecular formula is C23H25F3N8O2. The molecule has 190 valence electrons. The van der Waals surface area contributed by atoms with Crippen molar-refractivity contribution in [2.75, 3.05) is 45.4 Å². The summed E-state index contributed by atoms with van der Waals surface area (Å²) in [5.74, 6) is -0.356. The molecule has 0 unspecified atom stereocenters. The van der Waals surface area contributed by atoms with Crippen LogP contribution < -0.4 is 10.1 Å². The van der Waals surface area contributed by atoms with Crippen LogP contribution in [0.25, 0.3) is 27.7 Å². The summed E-state index contributed by atoms with van der Waals surface area (Å²) < 4.78 is 64.9. The zero-order chi connectivity index (χ0) is 25.7. The van der Waals surface area contributed by atoms with E-state index in [1.165, 1.54) is 22.5 Å². The van der Waals surface area contributed by atoms with Crippen molar-refractivity contribution in [3.63, 3.8) is 0 Å². The SMILES string of the molecule is [2H]C1(N2CC[C@@H](Nc3nc(OC)c4c(-c5ccc6nnn(CCF)c6c5)c(F)cn4n3)[C@@H](F)C2)COC1. The molecule has 13 heteroatoms. The molecule has 1 aromatic carbocycles. The summed E-state index contributed by atoms with van der Waals surface area (Å²) in [5.41, 5.74) is 2.12. The molecule has 10 nitrogen and oxygen atoms in total. The van der Waals surface area contributed by atoms with E-state index in [1.807, 2.05) is 0 Å². The lowest BCUT2D eigenvalue weighted by atomic mass is 10.0. The first-order chi connectivity index (χ1) is 17.9. The Morgan fingerprint density at radius 1 is 1.33 bits per heavy atom. The van der Waals surface area contributed by atoms with E-state index in [-0.39, 0.29) is 43.7 Å². The Morgan fingerprint density at radius 3 is 2.92 bits per heavy atom. The number of hydrogen-bond donors (Lipinski definition) is 1.